The molecule has 32 heavy (non-hydrogen) atoms. The summed E-state index contributed by atoms with van der Waals surface area (Å²) in [6.45, 7) is 5.30. The number of halogens is 3. The van der Waals surface area contributed by atoms with Crippen LogP contribution in [0.5, 0.6) is 0 Å². The van der Waals surface area contributed by atoms with Gasteiger partial charge < -0.3 is 19.3 Å². The van der Waals surface area contributed by atoms with E-state index in [9.17, 15) is 22.8 Å². The quantitative estimate of drug-likeness (QED) is 0.683. The fraction of sp³-hybridized carbons (Fsp3) is 0.762. The van der Waals surface area contributed by atoms with Crippen molar-refractivity contribution < 1.29 is 27.4 Å². The maximum atomic E-state index is 14.0. The molecule has 3 aliphatic rings. The molecule has 4 heterocycles. The number of fused-ring (bicyclic) bond motifs is 1. The Kier molecular flexibility index (Phi) is 6.23. The second kappa shape index (κ2) is 8.66. The van der Waals surface area contributed by atoms with Crippen LogP contribution in [0.2, 0.25) is 0 Å². The van der Waals surface area contributed by atoms with Crippen molar-refractivity contribution in [2.75, 3.05) is 49.3 Å². The van der Waals surface area contributed by atoms with Gasteiger partial charge in [-0.1, -0.05) is 6.92 Å². The molecular formula is C21H29F3N4O4. The summed E-state index contributed by atoms with van der Waals surface area (Å²) in [6.07, 6.45) is -3.94. The fourth-order valence-electron chi connectivity index (χ4n) is 4.64. The van der Waals surface area contributed by atoms with Crippen LogP contribution in [-0.4, -0.2) is 73.1 Å². The molecule has 0 amide bonds. The summed E-state index contributed by atoms with van der Waals surface area (Å²) < 4.78 is 53.9. The van der Waals surface area contributed by atoms with Crippen molar-refractivity contribution in [1.29, 1.82) is 0 Å². The van der Waals surface area contributed by atoms with Gasteiger partial charge in [-0.2, -0.15) is 18.2 Å². The number of morpholine rings is 1. The van der Waals surface area contributed by atoms with Crippen LogP contribution in [0.3, 0.4) is 0 Å². The summed E-state index contributed by atoms with van der Waals surface area (Å²) in [5.41, 5.74) is -1.17. The normalized spacial score (nSPS) is 26.0. The smallest absolute Gasteiger partial charge is 0.381 e. The first kappa shape index (κ1) is 23.0. The lowest BCUT2D eigenvalue weighted by Gasteiger charge is -2.42. The maximum absolute atomic E-state index is 14.0. The highest BCUT2D eigenvalue weighted by Gasteiger charge is 2.49. The third-order valence-electron chi connectivity index (χ3n) is 6.86. The molecule has 178 valence electrons. The first-order chi connectivity index (χ1) is 15.1. The van der Waals surface area contributed by atoms with E-state index in [0.29, 0.717) is 51.6 Å². The molecule has 2 atom stereocenters. The zero-order chi connectivity index (χ0) is 23.1. The minimum absolute atomic E-state index is 0.0723. The largest absolute Gasteiger partial charge is 0.408 e. The number of Topliss-reactive ketones (excluding diaryl/α,β-unsaturated/α-hetero) is 1. The first-order valence-corrected chi connectivity index (χ1v) is 11.0. The average Bonchev–Trinajstić information content (AvgIpc) is 2.74. The number of aromatic nitrogens is 2. The van der Waals surface area contributed by atoms with Crippen LogP contribution in [0.1, 0.15) is 33.1 Å². The molecule has 4 rings (SSSR count). The standard InChI is InChI=1S/C21H29F3N4O4/c1-14-13-32-10-7-26(14)17-11-18(30)27-6-3-15(21(22,23)24)28(19(27)25-17)12-16(29)20(2)4-8-31-9-5-20/h11,14-15H,3-10,12-13H2,1-2H3/t14-,15+/m1/s1. The number of alkyl halides is 3. The summed E-state index contributed by atoms with van der Waals surface area (Å²) >= 11 is 0. The molecule has 3 aliphatic heterocycles. The summed E-state index contributed by atoms with van der Waals surface area (Å²) in [5, 5.41) is 0. The van der Waals surface area contributed by atoms with E-state index in [-0.39, 0.29) is 30.7 Å². The van der Waals surface area contributed by atoms with Gasteiger partial charge in [0.15, 0.2) is 5.78 Å². The van der Waals surface area contributed by atoms with Crippen LogP contribution in [0.4, 0.5) is 24.9 Å². The van der Waals surface area contributed by atoms with E-state index in [1.807, 2.05) is 11.8 Å². The van der Waals surface area contributed by atoms with Crippen LogP contribution in [0.15, 0.2) is 10.9 Å². The highest BCUT2D eigenvalue weighted by Crippen LogP contribution is 2.37. The molecule has 0 N–H and O–H groups in total. The van der Waals surface area contributed by atoms with Crippen LogP contribution in [-0.2, 0) is 20.8 Å². The van der Waals surface area contributed by atoms with Gasteiger partial charge in [-0.05, 0) is 26.2 Å². The highest BCUT2D eigenvalue weighted by molar-refractivity contribution is 5.88. The number of rotatable bonds is 4. The topological polar surface area (TPSA) is 76.9 Å². The molecule has 0 aliphatic carbocycles. The van der Waals surface area contributed by atoms with E-state index in [1.54, 1.807) is 6.92 Å². The Morgan fingerprint density at radius 3 is 2.59 bits per heavy atom. The van der Waals surface area contributed by atoms with E-state index in [2.05, 4.69) is 4.98 Å². The number of nitrogens with zero attached hydrogens (tertiary/aromatic N) is 4. The third kappa shape index (κ3) is 4.36. The SMILES string of the molecule is C[C@@H]1COCCN1c1cc(=O)n2c(n1)N(CC(=O)C1(C)CCOCC1)[C@H](C(F)(F)F)CC2. The Morgan fingerprint density at radius 1 is 1.22 bits per heavy atom. The van der Waals surface area contributed by atoms with E-state index >= 15 is 0 Å². The van der Waals surface area contributed by atoms with E-state index in [1.165, 1.54) is 10.6 Å². The Morgan fingerprint density at radius 2 is 1.94 bits per heavy atom. The lowest BCUT2D eigenvalue weighted by atomic mass is 9.78. The number of hydrogen-bond donors (Lipinski definition) is 0. The molecule has 0 saturated carbocycles. The minimum Gasteiger partial charge on any atom is -0.381 e. The number of carbonyl (C=O) groups excluding carboxylic acids is 1. The third-order valence-corrected chi connectivity index (χ3v) is 6.86. The maximum Gasteiger partial charge on any atom is 0.408 e. The van der Waals surface area contributed by atoms with Crippen molar-refractivity contribution in [3.05, 3.63) is 16.4 Å². The molecule has 0 unspecified atom stereocenters. The summed E-state index contributed by atoms with van der Waals surface area (Å²) in [5.74, 6) is -0.0683. The Balaban J connectivity index is 1.73. The second-order valence-electron chi connectivity index (χ2n) is 9.09. The molecule has 11 heteroatoms. The molecular weight excluding hydrogens is 429 g/mol. The van der Waals surface area contributed by atoms with Crippen LogP contribution in [0.25, 0.3) is 0 Å². The highest BCUT2D eigenvalue weighted by atomic mass is 19.4. The average molecular weight is 458 g/mol. The molecule has 0 bridgehead atoms. The second-order valence-corrected chi connectivity index (χ2v) is 9.09. The van der Waals surface area contributed by atoms with Crippen molar-refractivity contribution in [2.24, 2.45) is 5.41 Å². The van der Waals surface area contributed by atoms with E-state index in [4.69, 9.17) is 9.47 Å². The Bertz CT molecular complexity index is 913. The van der Waals surface area contributed by atoms with Crippen LogP contribution < -0.4 is 15.4 Å². The first-order valence-electron chi connectivity index (χ1n) is 11.0. The fourth-order valence-corrected chi connectivity index (χ4v) is 4.64. The van der Waals surface area contributed by atoms with E-state index in [0.717, 1.165) is 4.90 Å². The van der Waals surface area contributed by atoms with Gasteiger partial charge in [-0.25, -0.2) is 0 Å². The number of ketones is 1. The van der Waals surface area contributed by atoms with Crippen LogP contribution in [0, 0.1) is 5.41 Å². The molecule has 0 spiro atoms. The molecule has 1 aromatic heterocycles. The Hall–Kier alpha value is -2.14. The number of anilines is 2. The van der Waals surface area contributed by atoms with Crippen molar-refractivity contribution >= 4 is 17.5 Å². The van der Waals surface area contributed by atoms with Gasteiger partial charge in [0.25, 0.3) is 5.56 Å². The number of ether oxygens (including phenoxy) is 2. The molecule has 0 radical (unpaired) electrons. The Labute approximate surface area is 184 Å². The van der Waals surface area contributed by atoms with Crippen molar-refractivity contribution in [3.63, 3.8) is 0 Å². The molecule has 2 fully saturated rings. The van der Waals surface area contributed by atoms with Gasteiger partial charge in [0, 0.05) is 37.8 Å². The van der Waals surface area contributed by atoms with Gasteiger partial charge in [0.1, 0.15) is 11.9 Å². The summed E-state index contributed by atoms with van der Waals surface area (Å²) in [4.78, 5) is 33.4. The van der Waals surface area contributed by atoms with Crippen molar-refractivity contribution in [1.82, 2.24) is 9.55 Å². The van der Waals surface area contributed by atoms with Gasteiger partial charge in [0.2, 0.25) is 5.95 Å². The molecule has 1 aromatic rings. The zero-order valence-corrected chi connectivity index (χ0v) is 18.4. The number of carbonyl (C=O) groups is 1. The summed E-state index contributed by atoms with van der Waals surface area (Å²) in [6, 6.07) is -0.588. The van der Waals surface area contributed by atoms with Gasteiger partial charge in [0.05, 0.1) is 25.8 Å². The molecule has 2 saturated heterocycles. The predicted molar refractivity (Wildman–Crippen MR) is 111 cm³/mol. The molecule has 0 aromatic carbocycles. The molecule has 8 nitrogen and oxygen atoms in total. The van der Waals surface area contributed by atoms with Gasteiger partial charge in [-0.15, -0.1) is 0 Å². The minimum atomic E-state index is -4.55. The van der Waals surface area contributed by atoms with Gasteiger partial charge >= 0.3 is 6.18 Å². The van der Waals surface area contributed by atoms with Crippen molar-refractivity contribution in [3.8, 4) is 0 Å². The van der Waals surface area contributed by atoms with Gasteiger partial charge in [-0.3, -0.25) is 14.2 Å². The predicted octanol–water partition coefficient (Wildman–Crippen LogP) is 2.00. The van der Waals surface area contributed by atoms with E-state index < -0.39 is 29.7 Å². The monoisotopic (exact) mass is 458 g/mol. The van der Waals surface area contributed by atoms with Crippen LogP contribution >= 0.6 is 0 Å². The summed E-state index contributed by atoms with van der Waals surface area (Å²) in [7, 11) is 0. The number of hydrogen-bond acceptors (Lipinski definition) is 7. The zero-order valence-electron chi connectivity index (χ0n) is 18.4. The lowest BCUT2D eigenvalue weighted by Crippen LogP contribution is -2.56. The lowest BCUT2D eigenvalue weighted by molar-refractivity contribution is -0.154. The van der Waals surface area contributed by atoms with Crippen molar-refractivity contribution in [2.45, 2.75) is 57.9 Å².